The van der Waals surface area contributed by atoms with Crippen LogP contribution in [0.25, 0.3) is 0 Å². The van der Waals surface area contributed by atoms with Crippen LogP contribution in [0, 0.1) is 0 Å². The molecule has 1 saturated heterocycles. The number of furan rings is 1. The number of aromatic nitrogens is 3. The van der Waals surface area contributed by atoms with E-state index in [1.54, 1.807) is 46.5 Å². The zero-order valence-corrected chi connectivity index (χ0v) is 15.7. The molecule has 9 heteroatoms. The van der Waals surface area contributed by atoms with Crippen molar-refractivity contribution >= 4 is 17.6 Å². The Kier molecular flexibility index (Phi) is 5.46. The van der Waals surface area contributed by atoms with Crippen molar-refractivity contribution in [3.8, 4) is 0 Å². The molecule has 0 aliphatic carbocycles. The Hall–Kier alpha value is -3.75. The quantitative estimate of drug-likeness (QED) is 0.704. The van der Waals surface area contributed by atoms with Crippen LogP contribution < -0.4 is 5.32 Å². The first-order chi connectivity index (χ1) is 14.2. The van der Waals surface area contributed by atoms with Gasteiger partial charge in [-0.2, -0.15) is 0 Å². The third-order valence-electron chi connectivity index (χ3n) is 4.69. The summed E-state index contributed by atoms with van der Waals surface area (Å²) in [6, 6.07) is 10.5. The lowest BCUT2D eigenvalue weighted by Crippen LogP contribution is -2.50. The molecule has 1 aliphatic heterocycles. The highest BCUT2D eigenvalue weighted by Gasteiger charge is 2.27. The van der Waals surface area contributed by atoms with Gasteiger partial charge in [0.25, 0.3) is 11.8 Å². The lowest BCUT2D eigenvalue weighted by Gasteiger charge is -2.34. The van der Waals surface area contributed by atoms with Crippen LogP contribution in [0.3, 0.4) is 0 Å². The van der Waals surface area contributed by atoms with Gasteiger partial charge in [-0.1, -0.05) is 0 Å². The topological polar surface area (TPSA) is 104 Å². The lowest BCUT2D eigenvalue weighted by atomic mass is 10.2. The fraction of sp³-hybridized carbons (Fsp3) is 0.250. The molecule has 9 nitrogen and oxygen atoms in total. The summed E-state index contributed by atoms with van der Waals surface area (Å²) in [4.78, 5) is 32.3. The molecule has 0 atom stereocenters. The molecule has 0 radical (unpaired) electrons. The van der Waals surface area contributed by atoms with Gasteiger partial charge in [0.15, 0.2) is 11.5 Å². The molecule has 1 N–H and O–H groups in total. The second kappa shape index (κ2) is 8.51. The van der Waals surface area contributed by atoms with Gasteiger partial charge >= 0.3 is 0 Å². The summed E-state index contributed by atoms with van der Waals surface area (Å²) in [7, 11) is 0. The van der Waals surface area contributed by atoms with Crippen molar-refractivity contribution in [2.75, 3.05) is 31.5 Å². The highest BCUT2D eigenvalue weighted by atomic mass is 16.3. The first kappa shape index (κ1) is 18.6. The van der Waals surface area contributed by atoms with E-state index in [1.165, 1.54) is 6.26 Å². The number of hydrogen-bond donors (Lipinski definition) is 1. The number of hydrogen-bond acceptors (Lipinski definition) is 7. The monoisotopic (exact) mass is 392 g/mol. The maximum Gasteiger partial charge on any atom is 0.289 e. The van der Waals surface area contributed by atoms with E-state index in [4.69, 9.17) is 4.42 Å². The average Bonchev–Trinajstić information content (AvgIpc) is 3.33. The van der Waals surface area contributed by atoms with Gasteiger partial charge in [0, 0.05) is 45.1 Å². The highest BCUT2D eigenvalue weighted by Crippen LogP contribution is 2.12. The van der Waals surface area contributed by atoms with Crippen LogP contribution in [-0.2, 0) is 6.54 Å². The molecule has 0 bridgehead atoms. The summed E-state index contributed by atoms with van der Waals surface area (Å²) in [6.07, 6.45) is 4.93. The number of amides is 2. The summed E-state index contributed by atoms with van der Waals surface area (Å²) >= 11 is 0. The standard InChI is InChI=1S/C20H20N6O3/c27-19(25-9-11-26(12-10-25)20(28)17-2-1-13-29-17)16-3-4-18(24-23-16)22-14-15-5-7-21-8-6-15/h1-8,13H,9-12,14H2,(H,22,24). The van der Waals surface area contributed by atoms with E-state index in [2.05, 4.69) is 20.5 Å². The van der Waals surface area contributed by atoms with Crippen molar-refractivity contribution < 1.29 is 14.0 Å². The number of anilines is 1. The molecule has 2 amide bonds. The molecular weight excluding hydrogens is 372 g/mol. The van der Waals surface area contributed by atoms with Crippen LogP contribution >= 0.6 is 0 Å². The number of rotatable bonds is 5. The Morgan fingerprint density at radius 1 is 0.931 bits per heavy atom. The Morgan fingerprint density at radius 3 is 2.28 bits per heavy atom. The second-order valence-corrected chi connectivity index (χ2v) is 6.57. The van der Waals surface area contributed by atoms with Gasteiger partial charge in [-0.15, -0.1) is 10.2 Å². The summed E-state index contributed by atoms with van der Waals surface area (Å²) in [5.74, 6) is 0.549. The summed E-state index contributed by atoms with van der Waals surface area (Å²) < 4.78 is 5.15. The van der Waals surface area contributed by atoms with E-state index >= 15 is 0 Å². The van der Waals surface area contributed by atoms with Gasteiger partial charge in [0.1, 0.15) is 5.82 Å². The number of carbonyl (C=O) groups excluding carboxylic acids is 2. The van der Waals surface area contributed by atoms with Crippen molar-refractivity contribution in [1.29, 1.82) is 0 Å². The van der Waals surface area contributed by atoms with Crippen molar-refractivity contribution in [3.63, 3.8) is 0 Å². The normalized spacial score (nSPS) is 13.9. The summed E-state index contributed by atoms with van der Waals surface area (Å²) in [6.45, 7) is 2.37. The van der Waals surface area contributed by atoms with Crippen LogP contribution in [0.5, 0.6) is 0 Å². The van der Waals surface area contributed by atoms with Gasteiger partial charge in [-0.25, -0.2) is 0 Å². The molecular formula is C20H20N6O3. The van der Waals surface area contributed by atoms with Crippen molar-refractivity contribution in [2.24, 2.45) is 0 Å². The van der Waals surface area contributed by atoms with Gasteiger partial charge in [0.2, 0.25) is 0 Å². The SMILES string of the molecule is O=C(c1ccc(NCc2ccncc2)nn1)N1CCN(C(=O)c2ccco2)CC1. The Balaban J connectivity index is 1.30. The fourth-order valence-electron chi connectivity index (χ4n) is 3.06. The predicted molar refractivity (Wildman–Crippen MR) is 104 cm³/mol. The molecule has 1 fully saturated rings. The van der Waals surface area contributed by atoms with Gasteiger partial charge in [-0.3, -0.25) is 14.6 Å². The smallest absolute Gasteiger partial charge is 0.289 e. The molecule has 0 spiro atoms. The van der Waals surface area contributed by atoms with Crippen LogP contribution in [-0.4, -0.2) is 63.0 Å². The molecule has 148 valence electrons. The molecule has 4 heterocycles. The molecule has 0 saturated carbocycles. The third-order valence-corrected chi connectivity index (χ3v) is 4.69. The van der Waals surface area contributed by atoms with E-state index < -0.39 is 0 Å². The number of nitrogens with zero attached hydrogens (tertiary/aromatic N) is 5. The minimum Gasteiger partial charge on any atom is -0.459 e. The van der Waals surface area contributed by atoms with Crippen LogP contribution in [0.15, 0.2) is 59.5 Å². The summed E-state index contributed by atoms with van der Waals surface area (Å²) in [5.41, 5.74) is 1.36. The van der Waals surface area contributed by atoms with Gasteiger partial charge in [-0.05, 0) is 42.0 Å². The minimum atomic E-state index is -0.191. The van der Waals surface area contributed by atoms with E-state index in [0.29, 0.717) is 44.3 Å². The Labute approximate surface area is 167 Å². The molecule has 1 aliphatic rings. The fourth-order valence-corrected chi connectivity index (χ4v) is 3.06. The van der Waals surface area contributed by atoms with Crippen molar-refractivity contribution in [3.05, 3.63) is 72.1 Å². The second-order valence-electron chi connectivity index (χ2n) is 6.57. The lowest BCUT2D eigenvalue weighted by molar-refractivity contribution is 0.0514. The van der Waals surface area contributed by atoms with Crippen LogP contribution in [0.2, 0.25) is 0 Å². The van der Waals surface area contributed by atoms with Crippen molar-refractivity contribution in [1.82, 2.24) is 25.0 Å². The van der Waals surface area contributed by atoms with Crippen LogP contribution in [0.4, 0.5) is 5.82 Å². The molecule has 4 rings (SSSR count). The zero-order chi connectivity index (χ0) is 20.1. The molecule has 3 aromatic rings. The van der Waals surface area contributed by atoms with Crippen LogP contribution in [0.1, 0.15) is 26.6 Å². The molecule has 3 aromatic heterocycles. The molecule has 0 unspecified atom stereocenters. The predicted octanol–water partition coefficient (Wildman–Crippen LogP) is 1.67. The van der Waals surface area contributed by atoms with E-state index in [1.807, 2.05) is 12.1 Å². The maximum absolute atomic E-state index is 12.7. The zero-order valence-electron chi connectivity index (χ0n) is 15.7. The van der Waals surface area contributed by atoms with Crippen molar-refractivity contribution in [2.45, 2.75) is 6.54 Å². The first-order valence-corrected chi connectivity index (χ1v) is 9.29. The van der Waals surface area contributed by atoms with E-state index in [9.17, 15) is 9.59 Å². The number of piperazine rings is 1. The third kappa shape index (κ3) is 4.40. The van der Waals surface area contributed by atoms with E-state index in [0.717, 1.165) is 5.56 Å². The first-order valence-electron chi connectivity index (χ1n) is 9.29. The van der Waals surface area contributed by atoms with Gasteiger partial charge in [0.05, 0.1) is 6.26 Å². The molecule has 0 aromatic carbocycles. The average molecular weight is 392 g/mol. The number of carbonyl (C=O) groups is 2. The highest BCUT2D eigenvalue weighted by molar-refractivity contribution is 5.93. The summed E-state index contributed by atoms with van der Waals surface area (Å²) in [5, 5.41) is 11.3. The number of pyridine rings is 1. The minimum absolute atomic E-state index is 0.161. The maximum atomic E-state index is 12.7. The molecule has 29 heavy (non-hydrogen) atoms. The van der Waals surface area contributed by atoms with E-state index in [-0.39, 0.29) is 17.5 Å². The van der Waals surface area contributed by atoms with Gasteiger partial charge < -0.3 is 19.5 Å². The Morgan fingerprint density at radius 2 is 1.66 bits per heavy atom. The Bertz CT molecular complexity index is 952. The largest absolute Gasteiger partial charge is 0.459 e. The number of nitrogens with one attached hydrogen (secondary N) is 1.